The number of β-amino-alcohol motifs (C(OH)–C–C–N with tert-alkyl or cyclic N) is 1. The van der Waals surface area contributed by atoms with Gasteiger partial charge in [0.05, 0.1) is 18.0 Å². The quantitative estimate of drug-likeness (QED) is 0.468. The van der Waals surface area contributed by atoms with E-state index >= 15 is 0 Å². The van der Waals surface area contributed by atoms with E-state index in [1.54, 1.807) is 4.68 Å². The number of nitrogens with zero attached hydrogens (tertiary/aromatic N) is 6. The molecule has 4 aromatic rings. The van der Waals surface area contributed by atoms with Gasteiger partial charge in [0.2, 0.25) is 0 Å². The van der Waals surface area contributed by atoms with Gasteiger partial charge >= 0.3 is 0 Å². The minimum absolute atomic E-state index is 0.426. The average molecular weight is 430 g/mol. The van der Waals surface area contributed by atoms with Crippen LogP contribution in [0.1, 0.15) is 16.8 Å². The fourth-order valence-electron chi connectivity index (χ4n) is 4.17. The van der Waals surface area contributed by atoms with Crippen LogP contribution in [0.15, 0.2) is 61.6 Å². The van der Waals surface area contributed by atoms with E-state index in [0.717, 1.165) is 42.1 Å². The lowest BCUT2D eigenvalue weighted by molar-refractivity contribution is 0.107. The van der Waals surface area contributed by atoms with Crippen LogP contribution in [-0.4, -0.2) is 60.1 Å². The Balaban J connectivity index is 1.18. The molecule has 1 aliphatic rings. The van der Waals surface area contributed by atoms with Gasteiger partial charge in [0, 0.05) is 51.2 Å². The molecule has 0 spiro atoms. The Morgan fingerprint density at radius 2 is 2.00 bits per heavy atom. The summed E-state index contributed by atoms with van der Waals surface area (Å²) in [4.78, 5) is 6.94. The van der Waals surface area contributed by atoms with Crippen molar-refractivity contribution in [2.24, 2.45) is 7.05 Å². The van der Waals surface area contributed by atoms with E-state index in [1.807, 2.05) is 42.2 Å². The minimum Gasteiger partial charge on any atom is -0.390 e. The molecule has 0 radical (unpaired) electrons. The number of aliphatic hydroxyl groups excluding tert-OH is 1. The maximum absolute atomic E-state index is 10.6. The molecule has 1 aromatic carbocycles. The van der Waals surface area contributed by atoms with E-state index in [0.29, 0.717) is 18.8 Å². The van der Waals surface area contributed by atoms with Crippen molar-refractivity contribution in [3.8, 4) is 11.3 Å². The van der Waals surface area contributed by atoms with Gasteiger partial charge in [0.1, 0.15) is 17.0 Å². The van der Waals surface area contributed by atoms with Crippen LogP contribution >= 0.6 is 0 Å². The van der Waals surface area contributed by atoms with Crippen molar-refractivity contribution >= 4 is 11.3 Å². The van der Waals surface area contributed by atoms with Crippen molar-refractivity contribution in [1.82, 2.24) is 34.6 Å². The van der Waals surface area contributed by atoms with Gasteiger partial charge in [-0.2, -0.15) is 0 Å². The van der Waals surface area contributed by atoms with E-state index in [1.165, 1.54) is 11.1 Å². The number of aliphatic hydroxyl groups is 1. The van der Waals surface area contributed by atoms with Crippen molar-refractivity contribution < 1.29 is 5.11 Å². The van der Waals surface area contributed by atoms with Crippen LogP contribution in [0.2, 0.25) is 0 Å². The zero-order chi connectivity index (χ0) is 22.1. The highest BCUT2D eigenvalue weighted by molar-refractivity contribution is 5.64. The van der Waals surface area contributed by atoms with Crippen molar-refractivity contribution in [3.05, 3.63) is 78.4 Å². The number of benzene rings is 1. The summed E-state index contributed by atoms with van der Waals surface area (Å²) in [6.45, 7) is 7.02. The largest absolute Gasteiger partial charge is 0.390 e. The first-order valence-corrected chi connectivity index (χ1v) is 10.8. The molecule has 0 fully saturated rings. The molecule has 0 saturated carbocycles. The third kappa shape index (κ3) is 4.28. The highest BCUT2D eigenvalue weighted by Gasteiger charge is 2.18. The highest BCUT2D eigenvalue weighted by atomic mass is 16.3. The second-order valence-electron chi connectivity index (χ2n) is 8.35. The fourth-order valence-corrected chi connectivity index (χ4v) is 4.17. The predicted molar refractivity (Wildman–Crippen MR) is 124 cm³/mol. The average Bonchev–Trinajstić information content (AvgIpc) is 3.43. The van der Waals surface area contributed by atoms with Crippen molar-refractivity contribution in [1.29, 1.82) is 0 Å². The predicted octanol–water partition coefficient (Wildman–Crippen LogP) is 2.11. The lowest BCUT2D eigenvalue weighted by atomic mass is 10.00. The number of aromatic nitrogens is 5. The minimum atomic E-state index is -0.489. The Hall–Kier alpha value is -3.49. The molecular weight excluding hydrogens is 402 g/mol. The number of aryl methyl sites for hydroxylation is 1. The molecule has 32 heavy (non-hydrogen) atoms. The summed E-state index contributed by atoms with van der Waals surface area (Å²) >= 11 is 0. The second-order valence-corrected chi connectivity index (χ2v) is 8.35. The van der Waals surface area contributed by atoms with Crippen LogP contribution in [-0.2, 0) is 20.0 Å². The Bertz CT molecular complexity index is 1260. The molecular formula is C24H27N7O. The number of hydrogen-bond acceptors (Lipinski definition) is 6. The van der Waals surface area contributed by atoms with E-state index < -0.39 is 6.10 Å². The van der Waals surface area contributed by atoms with Crippen molar-refractivity contribution in [2.75, 3.05) is 19.6 Å². The maximum atomic E-state index is 10.6. The van der Waals surface area contributed by atoms with Crippen LogP contribution in [0, 0.1) is 0 Å². The van der Waals surface area contributed by atoms with Crippen molar-refractivity contribution in [2.45, 2.75) is 19.1 Å². The van der Waals surface area contributed by atoms with Gasteiger partial charge in [0.15, 0.2) is 0 Å². The molecule has 0 amide bonds. The Morgan fingerprint density at radius 3 is 2.81 bits per heavy atom. The van der Waals surface area contributed by atoms with Crippen LogP contribution < -0.4 is 5.32 Å². The maximum Gasteiger partial charge on any atom is 0.137 e. The van der Waals surface area contributed by atoms with Gasteiger partial charge in [-0.3, -0.25) is 9.58 Å². The third-order valence-electron chi connectivity index (χ3n) is 5.89. The van der Waals surface area contributed by atoms with Crippen LogP contribution in [0.5, 0.6) is 0 Å². The van der Waals surface area contributed by atoms with Gasteiger partial charge in [-0.25, -0.2) is 4.98 Å². The number of pyridine rings is 1. The molecule has 8 heteroatoms. The fraction of sp³-hybridized carbons (Fsp3) is 0.292. The van der Waals surface area contributed by atoms with Crippen LogP contribution in [0.3, 0.4) is 0 Å². The Morgan fingerprint density at radius 1 is 1.16 bits per heavy atom. The lowest BCUT2D eigenvalue weighted by Crippen LogP contribution is -2.40. The number of hydrogen-bond donors (Lipinski definition) is 2. The van der Waals surface area contributed by atoms with E-state index in [9.17, 15) is 5.11 Å². The summed E-state index contributed by atoms with van der Waals surface area (Å²) in [5.41, 5.74) is 6.81. The number of imidazole rings is 1. The van der Waals surface area contributed by atoms with Gasteiger partial charge in [0.25, 0.3) is 0 Å². The summed E-state index contributed by atoms with van der Waals surface area (Å²) in [7, 11) is 1.85. The first-order valence-electron chi connectivity index (χ1n) is 10.8. The van der Waals surface area contributed by atoms with Crippen molar-refractivity contribution in [3.63, 3.8) is 0 Å². The Kier molecular flexibility index (Phi) is 5.46. The summed E-state index contributed by atoms with van der Waals surface area (Å²) in [5.74, 6) is 0. The van der Waals surface area contributed by atoms with Gasteiger partial charge < -0.3 is 14.8 Å². The van der Waals surface area contributed by atoms with Gasteiger partial charge in [-0.05, 0) is 29.7 Å². The zero-order valence-electron chi connectivity index (χ0n) is 18.1. The summed E-state index contributed by atoms with van der Waals surface area (Å²) < 4.78 is 3.63. The van der Waals surface area contributed by atoms with E-state index in [-0.39, 0.29) is 0 Å². The topological polar surface area (TPSA) is 83.5 Å². The normalized spacial score (nSPS) is 14.9. The van der Waals surface area contributed by atoms with Crippen LogP contribution in [0.25, 0.3) is 22.6 Å². The zero-order valence-corrected chi connectivity index (χ0v) is 18.1. The summed E-state index contributed by atoms with van der Waals surface area (Å²) in [5, 5.41) is 22.0. The van der Waals surface area contributed by atoms with E-state index in [4.69, 9.17) is 0 Å². The molecule has 4 heterocycles. The smallest absolute Gasteiger partial charge is 0.137 e. The standard InChI is InChI=1S/C24H27N7O/c1-17(25-11-21(32)14-30-10-9-18-5-3-4-6-19(18)12-30)22-16-31-13-20(7-8-24(31)26-22)23-15-29(2)28-27-23/h3-8,13,15-16,21,25,32H,1,9-12,14H2,2H3/t21-/m0/s1. The first kappa shape index (κ1) is 20.4. The molecule has 2 N–H and O–H groups in total. The molecule has 0 unspecified atom stereocenters. The lowest BCUT2D eigenvalue weighted by Gasteiger charge is -2.30. The highest BCUT2D eigenvalue weighted by Crippen LogP contribution is 2.20. The van der Waals surface area contributed by atoms with Gasteiger partial charge in [-0.15, -0.1) is 5.10 Å². The van der Waals surface area contributed by atoms with Crippen LogP contribution in [0.4, 0.5) is 0 Å². The SMILES string of the molecule is C=C(NC[C@H](O)CN1CCc2ccccc2C1)c1cn2cc(-c3cn(C)nn3)ccc2n1. The van der Waals surface area contributed by atoms with Gasteiger partial charge in [-0.1, -0.05) is 36.1 Å². The number of rotatable bonds is 7. The molecule has 164 valence electrons. The molecule has 8 nitrogen and oxygen atoms in total. The molecule has 5 rings (SSSR count). The second kappa shape index (κ2) is 8.57. The molecule has 1 aliphatic heterocycles. The Labute approximate surface area is 186 Å². The molecule has 0 bridgehead atoms. The number of nitrogens with one attached hydrogen (secondary N) is 1. The number of fused-ring (bicyclic) bond motifs is 2. The van der Waals surface area contributed by atoms with E-state index in [2.05, 4.69) is 56.4 Å². The molecule has 1 atom stereocenters. The summed E-state index contributed by atoms with van der Waals surface area (Å²) in [6, 6.07) is 12.5. The summed E-state index contributed by atoms with van der Waals surface area (Å²) in [6.07, 6.45) is 6.32. The first-order chi connectivity index (χ1) is 15.5. The molecule has 3 aromatic heterocycles. The monoisotopic (exact) mass is 429 g/mol. The molecule has 0 aliphatic carbocycles. The molecule has 0 saturated heterocycles. The third-order valence-corrected chi connectivity index (χ3v) is 5.89.